The van der Waals surface area contributed by atoms with Crippen molar-refractivity contribution in [1.82, 2.24) is 15.1 Å². The van der Waals surface area contributed by atoms with Crippen molar-refractivity contribution in [3.05, 3.63) is 65.9 Å². The molecule has 31 heavy (non-hydrogen) atoms. The molecule has 4 rings (SSSR count). The molecular weight excluding hydrogens is 392 g/mol. The number of aromatic hydroxyl groups is 1. The van der Waals surface area contributed by atoms with Gasteiger partial charge in [-0.1, -0.05) is 36.8 Å². The lowest BCUT2D eigenvalue weighted by molar-refractivity contribution is -0.114. The van der Waals surface area contributed by atoms with Gasteiger partial charge in [0.05, 0.1) is 11.4 Å². The third-order valence-electron chi connectivity index (χ3n) is 5.58. The van der Waals surface area contributed by atoms with Crippen molar-refractivity contribution in [2.45, 2.75) is 38.5 Å². The van der Waals surface area contributed by atoms with Crippen LogP contribution in [0.2, 0.25) is 0 Å². The van der Waals surface area contributed by atoms with Gasteiger partial charge in [-0.2, -0.15) is 9.78 Å². The van der Waals surface area contributed by atoms with Gasteiger partial charge in [0.2, 0.25) is 5.91 Å². The van der Waals surface area contributed by atoms with E-state index in [1.54, 1.807) is 12.1 Å². The Balaban J connectivity index is 1.54. The summed E-state index contributed by atoms with van der Waals surface area (Å²) in [4.78, 5) is 24.1. The van der Waals surface area contributed by atoms with Crippen LogP contribution in [0.15, 0.2) is 54.6 Å². The molecule has 2 amide bonds. The largest absolute Gasteiger partial charge is 0.507 e. The average Bonchev–Trinajstić information content (AvgIpc) is 3.11. The minimum Gasteiger partial charge on any atom is -0.507 e. The second-order valence-corrected chi connectivity index (χ2v) is 7.87. The van der Waals surface area contributed by atoms with Crippen LogP contribution in [0, 0.1) is 0 Å². The fraction of sp³-hybridized carbons (Fsp3) is 0.292. The molecule has 0 atom stereocenters. The van der Waals surface area contributed by atoms with E-state index in [0.29, 0.717) is 29.4 Å². The van der Waals surface area contributed by atoms with E-state index in [2.05, 4.69) is 15.7 Å². The van der Waals surface area contributed by atoms with E-state index in [-0.39, 0.29) is 17.7 Å². The van der Waals surface area contributed by atoms with E-state index in [1.165, 1.54) is 17.7 Å². The van der Waals surface area contributed by atoms with Gasteiger partial charge in [-0.15, -0.1) is 0 Å². The van der Waals surface area contributed by atoms with Crippen molar-refractivity contribution in [2.75, 3.05) is 11.9 Å². The zero-order valence-corrected chi connectivity index (χ0v) is 17.5. The highest BCUT2D eigenvalue weighted by atomic mass is 16.3. The molecular formula is C24H26N4O3. The Morgan fingerprint density at radius 1 is 1.13 bits per heavy atom. The van der Waals surface area contributed by atoms with Crippen LogP contribution in [0.1, 0.15) is 43.4 Å². The molecule has 0 spiro atoms. The molecule has 0 aliphatic heterocycles. The smallest absolute Gasteiger partial charge is 0.342 e. The maximum atomic E-state index is 12.9. The van der Waals surface area contributed by atoms with Gasteiger partial charge < -0.3 is 15.7 Å². The second-order valence-electron chi connectivity index (χ2n) is 7.87. The number of rotatable bonds is 6. The first-order valence-electron chi connectivity index (χ1n) is 10.5. The van der Waals surface area contributed by atoms with E-state index >= 15 is 0 Å². The van der Waals surface area contributed by atoms with E-state index in [4.69, 9.17) is 0 Å². The lowest BCUT2D eigenvalue weighted by atomic mass is 9.82. The molecule has 3 N–H and O–H groups in total. The van der Waals surface area contributed by atoms with Crippen LogP contribution in [-0.2, 0) is 11.2 Å². The molecule has 0 unspecified atom stereocenters. The summed E-state index contributed by atoms with van der Waals surface area (Å²) in [5.41, 5.74) is 3.58. The molecule has 7 heteroatoms. The monoisotopic (exact) mass is 418 g/mol. The summed E-state index contributed by atoms with van der Waals surface area (Å²) in [6.45, 7) is 1.92. The summed E-state index contributed by atoms with van der Waals surface area (Å²) < 4.78 is 1.44. The van der Waals surface area contributed by atoms with Gasteiger partial charge in [-0.05, 0) is 43.0 Å². The van der Waals surface area contributed by atoms with Crippen molar-refractivity contribution >= 4 is 17.6 Å². The molecule has 1 aromatic heterocycles. The highest BCUT2D eigenvalue weighted by Gasteiger charge is 2.27. The fourth-order valence-corrected chi connectivity index (χ4v) is 3.75. The Bertz CT molecular complexity index is 1090. The lowest BCUT2D eigenvalue weighted by Gasteiger charge is -2.25. The van der Waals surface area contributed by atoms with Gasteiger partial charge in [0, 0.05) is 36.7 Å². The van der Waals surface area contributed by atoms with Gasteiger partial charge in [0.1, 0.15) is 5.75 Å². The summed E-state index contributed by atoms with van der Waals surface area (Å²) >= 11 is 0. The Morgan fingerprint density at radius 3 is 2.55 bits per heavy atom. The van der Waals surface area contributed by atoms with Crippen molar-refractivity contribution in [1.29, 1.82) is 0 Å². The number of carbonyl (C=O) groups is 2. The zero-order valence-electron chi connectivity index (χ0n) is 17.5. The quantitative estimate of drug-likeness (QED) is 0.557. The summed E-state index contributed by atoms with van der Waals surface area (Å²) in [5, 5.41) is 20.6. The Labute approximate surface area is 181 Å². The third kappa shape index (κ3) is 4.77. The minimum atomic E-state index is -0.265. The summed E-state index contributed by atoms with van der Waals surface area (Å²) in [5.74, 6) is 0.0818. The molecule has 1 aliphatic rings. The summed E-state index contributed by atoms with van der Waals surface area (Å²) in [7, 11) is 0. The Kier molecular flexibility index (Phi) is 6.02. The summed E-state index contributed by atoms with van der Waals surface area (Å²) in [6, 6.07) is 16.5. The topological polar surface area (TPSA) is 96.3 Å². The standard InChI is InChI=1S/C24H26N4O3/c1-16(29)26-19-10-11-20(23(30)14-19)21-15-22(18-8-5-9-18)28(27-21)24(31)25-13-12-17-6-3-2-4-7-17/h2-4,6-7,10-11,14-15,18,30H,5,8-9,12-13H2,1H3,(H,25,31)(H,26,29). The summed E-state index contributed by atoms with van der Waals surface area (Å²) in [6.07, 6.45) is 3.92. The Morgan fingerprint density at radius 2 is 1.90 bits per heavy atom. The first-order valence-corrected chi connectivity index (χ1v) is 10.5. The molecule has 0 radical (unpaired) electrons. The highest BCUT2D eigenvalue weighted by molar-refractivity contribution is 5.89. The molecule has 7 nitrogen and oxygen atoms in total. The van der Waals surface area contributed by atoms with Crippen LogP contribution in [0.3, 0.4) is 0 Å². The number of nitrogens with zero attached hydrogens (tertiary/aromatic N) is 2. The van der Waals surface area contributed by atoms with Gasteiger partial charge in [-0.25, -0.2) is 4.79 Å². The number of nitrogens with one attached hydrogen (secondary N) is 2. The first-order chi connectivity index (χ1) is 15.0. The number of amides is 2. The number of anilines is 1. The SMILES string of the molecule is CC(=O)Nc1ccc(-c2cc(C3CCC3)n(C(=O)NCCc3ccccc3)n2)c(O)c1. The van der Waals surface area contributed by atoms with Crippen molar-refractivity contribution in [3.8, 4) is 17.0 Å². The molecule has 1 saturated carbocycles. The van der Waals surface area contributed by atoms with Crippen LogP contribution in [0.5, 0.6) is 5.75 Å². The second kappa shape index (κ2) is 9.04. The maximum absolute atomic E-state index is 12.9. The molecule has 0 bridgehead atoms. The van der Waals surface area contributed by atoms with Gasteiger partial charge in [0.25, 0.3) is 0 Å². The molecule has 160 valence electrons. The number of phenolic OH excluding ortho intramolecular Hbond substituents is 1. The van der Waals surface area contributed by atoms with E-state index in [1.807, 2.05) is 36.4 Å². The van der Waals surface area contributed by atoms with Gasteiger partial charge in [-0.3, -0.25) is 4.79 Å². The van der Waals surface area contributed by atoms with E-state index in [9.17, 15) is 14.7 Å². The van der Waals surface area contributed by atoms with Gasteiger partial charge in [0.15, 0.2) is 0 Å². The number of aromatic nitrogens is 2. The number of phenols is 1. The van der Waals surface area contributed by atoms with Crippen LogP contribution in [-0.4, -0.2) is 33.4 Å². The van der Waals surface area contributed by atoms with Crippen LogP contribution < -0.4 is 10.6 Å². The van der Waals surface area contributed by atoms with Gasteiger partial charge >= 0.3 is 6.03 Å². The number of hydrogen-bond donors (Lipinski definition) is 3. The third-order valence-corrected chi connectivity index (χ3v) is 5.58. The van der Waals surface area contributed by atoms with E-state index in [0.717, 1.165) is 36.9 Å². The highest BCUT2D eigenvalue weighted by Crippen LogP contribution is 2.39. The number of benzene rings is 2. The average molecular weight is 418 g/mol. The molecule has 1 heterocycles. The molecule has 1 fully saturated rings. The van der Waals surface area contributed by atoms with E-state index < -0.39 is 0 Å². The molecule has 0 saturated heterocycles. The predicted molar refractivity (Wildman–Crippen MR) is 119 cm³/mol. The van der Waals surface area contributed by atoms with Crippen molar-refractivity contribution in [3.63, 3.8) is 0 Å². The number of hydrogen-bond acceptors (Lipinski definition) is 4. The number of carbonyl (C=O) groups excluding carboxylic acids is 2. The molecule has 2 aromatic carbocycles. The molecule has 3 aromatic rings. The van der Waals surface area contributed by atoms with Crippen molar-refractivity contribution < 1.29 is 14.7 Å². The van der Waals surface area contributed by atoms with Crippen molar-refractivity contribution in [2.24, 2.45) is 0 Å². The zero-order chi connectivity index (χ0) is 21.8. The van der Waals surface area contributed by atoms with Crippen LogP contribution in [0.4, 0.5) is 10.5 Å². The fourth-order valence-electron chi connectivity index (χ4n) is 3.75. The first kappa shape index (κ1) is 20.7. The molecule has 1 aliphatic carbocycles. The lowest BCUT2D eigenvalue weighted by Crippen LogP contribution is -2.33. The Hall–Kier alpha value is -3.61. The van der Waals surface area contributed by atoms with Crippen LogP contribution >= 0.6 is 0 Å². The normalized spacial score (nSPS) is 13.5. The van der Waals surface area contributed by atoms with Crippen LogP contribution in [0.25, 0.3) is 11.3 Å². The minimum absolute atomic E-state index is 0.000505. The maximum Gasteiger partial charge on any atom is 0.342 e. The predicted octanol–water partition coefficient (Wildman–Crippen LogP) is 4.28.